The summed E-state index contributed by atoms with van der Waals surface area (Å²) in [7, 11) is 0. The van der Waals surface area contributed by atoms with Crippen LogP contribution in [0.2, 0.25) is 0 Å². The van der Waals surface area contributed by atoms with Gasteiger partial charge in [0.15, 0.2) is 0 Å². The summed E-state index contributed by atoms with van der Waals surface area (Å²) >= 11 is 0. The summed E-state index contributed by atoms with van der Waals surface area (Å²) in [4.78, 5) is 18.6. The number of nitrogens with one attached hydrogen (secondary N) is 2. The minimum absolute atomic E-state index is 0.0110. The number of hydrogen-bond donors (Lipinski definition) is 2. The van der Waals surface area contributed by atoms with E-state index in [9.17, 15) is 10.1 Å². The lowest BCUT2D eigenvalue weighted by Gasteiger charge is -2.06. The van der Waals surface area contributed by atoms with E-state index in [0.717, 1.165) is 5.69 Å². The molecule has 100 valence electrons. The second-order valence-electron chi connectivity index (χ2n) is 4.12. The molecule has 0 fully saturated rings. The van der Waals surface area contributed by atoms with Crippen LogP contribution >= 0.6 is 0 Å². The Hall–Kier alpha value is -3.03. The number of fused-ring (bicyclic) bond motifs is 1. The summed E-state index contributed by atoms with van der Waals surface area (Å²) in [5.74, 6) is 0.549. The standard InChI is InChI=1S/C12H10N6O2/c19-18(20)9-1-2-11-10(5-9)12(15-7-14-11)13-6-8-3-4-16-17-8/h1-5,7H,6H2,(H,16,17)(H,13,14,15). The lowest BCUT2D eigenvalue weighted by Crippen LogP contribution is -2.03. The van der Waals surface area contributed by atoms with Gasteiger partial charge in [-0.15, -0.1) is 0 Å². The minimum atomic E-state index is -0.439. The molecule has 8 heteroatoms. The van der Waals surface area contributed by atoms with Crippen LogP contribution in [0.1, 0.15) is 5.69 Å². The van der Waals surface area contributed by atoms with Gasteiger partial charge >= 0.3 is 0 Å². The van der Waals surface area contributed by atoms with Crippen molar-refractivity contribution in [2.45, 2.75) is 6.54 Å². The fourth-order valence-electron chi connectivity index (χ4n) is 1.86. The van der Waals surface area contributed by atoms with Gasteiger partial charge in [-0.25, -0.2) is 9.97 Å². The number of hydrogen-bond acceptors (Lipinski definition) is 6. The maximum Gasteiger partial charge on any atom is 0.270 e. The summed E-state index contributed by atoms with van der Waals surface area (Å²) in [5, 5.41) is 21.2. The van der Waals surface area contributed by atoms with E-state index >= 15 is 0 Å². The summed E-state index contributed by atoms with van der Waals surface area (Å²) < 4.78 is 0. The number of non-ortho nitro benzene ring substituents is 1. The molecule has 2 aromatic heterocycles. The molecular formula is C12H10N6O2. The predicted octanol–water partition coefficient (Wildman–Crippen LogP) is 1.87. The van der Waals surface area contributed by atoms with Crippen molar-refractivity contribution in [2.75, 3.05) is 5.32 Å². The fourth-order valence-corrected chi connectivity index (χ4v) is 1.86. The number of nitrogens with zero attached hydrogens (tertiary/aromatic N) is 4. The zero-order valence-corrected chi connectivity index (χ0v) is 10.3. The third-order valence-electron chi connectivity index (χ3n) is 2.83. The van der Waals surface area contributed by atoms with E-state index in [0.29, 0.717) is 23.3 Å². The predicted molar refractivity (Wildman–Crippen MR) is 72.1 cm³/mol. The second-order valence-corrected chi connectivity index (χ2v) is 4.12. The highest BCUT2D eigenvalue weighted by Gasteiger charge is 2.10. The summed E-state index contributed by atoms with van der Waals surface area (Å²) in [6, 6.07) is 6.33. The van der Waals surface area contributed by atoms with Crippen molar-refractivity contribution in [3.8, 4) is 0 Å². The molecule has 0 saturated carbocycles. The minimum Gasteiger partial charge on any atom is -0.364 e. The first-order valence-corrected chi connectivity index (χ1v) is 5.85. The lowest BCUT2D eigenvalue weighted by atomic mass is 10.2. The third kappa shape index (κ3) is 2.26. The van der Waals surface area contributed by atoms with Gasteiger partial charge in [-0.05, 0) is 12.1 Å². The molecule has 0 radical (unpaired) electrons. The van der Waals surface area contributed by atoms with Crippen LogP contribution in [0.4, 0.5) is 11.5 Å². The van der Waals surface area contributed by atoms with E-state index in [2.05, 4.69) is 25.5 Å². The van der Waals surface area contributed by atoms with E-state index in [1.54, 1.807) is 12.3 Å². The van der Waals surface area contributed by atoms with Gasteiger partial charge < -0.3 is 5.32 Å². The molecule has 0 saturated heterocycles. The van der Waals surface area contributed by atoms with Gasteiger partial charge in [0.1, 0.15) is 12.1 Å². The number of H-pyrrole nitrogens is 1. The van der Waals surface area contributed by atoms with Gasteiger partial charge in [0.05, 0.1) is 22.7 Å². The van der Waals surface area contributed by atoms with Crippen LogP contribution in [0.5, 0.6) is 0 Å². The maximum absolute atomic E-state index is 10.8. The quantitative estimate of drug-likeness (QED) is 0.553. The van der Waals surface area contributed by atoms with Crippen LogP contribution in [0.25, 0.3) is 10.9 Å². The zero-order valence-electron chi connectivity index (χ0n) is 10.3. The van der Waals surface area contributed by atoms with Gasteiger partial charge in [-0.3, -0.25) is 15.2 Å². The summed E-state index contributed by atoms with van der Waals surface area (Å²) in [6.07, 6.45) is 3.07. The van der Waals surface area contributed by atoms with E-state index in [1.165, 1.54) is 18.5 Å². The Labute approximate surface area is 113 Å². The highest BCUT2D eigenvalue weighted by atomic mass is 16.6. The van der Waals surface area contributed by atoms with Crippen LogP contribution in [-0.2, 0) is 6.54 Å². The number of benzene rings is 1. The Balaban J connectivity index is 1.96. The van der Waals surface area contributed by atoms with Crippen molar-refractivity contribution in [1.29, 1.82) is 0 Å². The van der Waals surface area contributed by atoms with Crippen molar-refractivity contribution in [2.24, 2.45) is 0 Å². The Bertz CT molecular complexity index is 756. The average molecular weight is 270 g/mol. The van der Waals surface area contributed by atoms with E-state index in [1.807, 2.05) is 6.07 Å². The molecule has 20 heavy (non-hydrogen) atoms. The van der Waals surface area contributed by atoms with Crippen LogP contribution in [0.3, 0.4) is 0 Å². The SMILES string of the molecule is O=[N+]([O-])c1ccc2ncnc(NCc3ccn[nH]3)c2c1. The summed E-state index contributed by atoms with van der Waals surface area (Å²) in [6.45, 7) is 0.495. The second kappa shape index (κ2) is 4.92. The van der Waals surface area contributed by atoms with Crippen LogP contribution in [0.15, 0.2) is 36.8 Å². The van der Waals surface area contributed by atoms with Crippen molar-refractivity contribution < 1.29 is 4.92 Å². The van der Waals surface area contributed by atoms with E-state index in [-0.39, 0.29) is 5.69 Å². The van der Waals surface area contributed by atoms with Gasteiger partial charge in [-0.1, -0.05) is 0 Å². The zero-order chi connectivity index (χ0) is 13.9. The van der Waals surface area contributed by atoms with Gasteiger partial charge in [-0.2, -0.15) is 5.10 Å². The van der Waals surface area contributed by atoms with Crippen LogP contribution in [-0.4, -0.2) is 25.1 Å². The number of aromatic nitrogens is 4. The Morgan fingerprint density at radius 2 is 2.20 bits per heavy atom. The first-order valence-electron chi connectivity index (χ1n) is 5.85. The number of rotatable bonds is 4. The molecule has 8 nitrogen and oxygen atoms in total. The molecule has 2 heterocycles. The normalized spacial score (nSPS) is 10.6. The molecule has 0 aliphatic rings. The summed E-state index contributed by atoms with van der Waals surface area (Å²) in [5.41, 5.74) is 1.55. The van der Waals surface area contributed by atoms with Gasteiger partial charge in [0.2, 0.25) is 0 Å². The first kappa shape index (κ1) is 12.0. The van der Waals surface area contributed by atoms with E-state index in [4.69, 9.17) is 0 Å². The molecule has 0 atom stereocenters. The monoisotopic (exact) mass is 270 g/mol. The van der Waals surface area contributed by atoms with E-state index < -0.39 is 4.92 Å². The number of anilines is 1. The Morgan fingerprint density at radius 1 is 1.30 bits per heavy atom. The smallest absolute Gasteiger partial charge is 0.270 e. The van der Waals surface area contributed by atoms with Crippen molar-refractivity contribution in [3.63, 3.8) is 0 Å². The van der Waals surface area contributed by atoms with Crippen molar-refractivity contribution in [3.05, 3.63) is 52.6 Å². The topological polar surface area (TPSA) is 110 Å². The highest BCUT2D eigenvalue weighted by molar-refractivity contribution is 5.90. The molecule has 0 bridgehead atoms. The lowest BCUT2D eigenvalue weighted by molar-refractivity contribution is -0.384. The Kier molecular flexibility index (Phi) is 2.96. The van der Waals surface area contributed by atoms with Crippen molar-refractivity contribution >= 4 is 22.4 Å². The molecule has 0 amide bonds. The molecule has 3 aromatic rings. The largest absolute Gasteiger partial charge is 0.364 e. The molecule has 0 aliphatic heterocycles. The molecule has 1 aromatic carbocycles. The third-order valence-corrected chi connectivity index (χ3v) is 2.83. The van der Waals surface area contributed by atoms with Crippen LogP contribution < -0.4 is 5.32 Å². The number of aromatic amines is 1. The molecule has 0 spiro atoms. The van der Waals surface area contributed by atoms with Gasteiger partial charge in [0.25, 0.3) is 5.69 Å². The fraction of sp³-hybridized carbons (Fsp3) is 0.0833. The number of nitro groups is 1. The first-order chi connectivity index (χ1) is 9.74. The molecule has 0 aliphatic carbocycles. The van der Waals surface area contributed by atoms with Gasteiger partial charge in [0, 0.05) is 23.7 Å². The maximum atomic E-state index is 10.8. The Morgan fingerprint density at radius 3 is 2.95 bits per heavy atom. The average Bonchev–Trinajstić information content (AvgIpc) is 2.97. The molecule has 2 N–H and O–H groups in total. The van der Waals surface area contributed by atoms with Crippen LogP contribution in [0, 0.1) is 10.1 Å². The highest BCUT2D eigenvalue weighted by Crippen LogP contribution is 2.24. The number of nitro benzene ring substituents is 1. The molecule has 0 unspecified atom stereocenters. The molecular weight excluding hydrogens is 260 g/mol. The molecule has 3 rings (SSSR count). The van der Waals surface area contributed by atoms with Crippen molar-refractivity contribution in [1.82, 2.24) is 20.2 Å².